The maximum Gasteiger partial charge on any atom is 0.328 e. The maximum atomic E-state index is 13.3. The van der Waals surface area contributed by atoms with E-state index in [1.165, 1.54) is 26.4 Å². The largest absolute Gasteiger partial charge is 0.497 e. The first-order valence-corrected chi connectivity index (χ1v) is 10.0. The molecule has 1 atom stereocenters. The SMILES string of the molecule is COC(=O)[C@@H](Cc1cccc(OC)c1)NC(=O)C12CC3CC(CC(C3)C1)C2. The van der Waals surface area contributed by atoms with Crippen LogP contribution in [0.3, 0.4) is 0 Å². The average Bonchev–Trinajstić information content (AvgIpc) is 2.66. The van der Waals surface area contributed by atoms with Gasteiger partial charge in [-0.25, -0.2) is 4.79 Å². The zero-order chi connectivity index (χ0) is 19.0. The lowest BCUT2D eigenvalue weighted by Crippen LogP contribution is -2.56. The summed E-state index contributed by atoms with van der Waals surface area (Å²) in [6.45, 7) is 0. The van der Waals surface area contributed by atoms with E-state index in [2.05, 4.69) is 5.32 Å². The van der Waals surface area contributed by atoms with Gasteiger partial charge in [0.15, 0.2) is 0 Å². The summed E-state index contributed by atoms with van der Waals surface area (Å²) in [5.74, 6) is 2.48. The van der Waals surface area contributed by atoms with Crippen molar-refractivity contribution < 1.29 is 19.1 Å². The van der Waals surface area contributed by atoms with Gasteiger partial charge in [-0.05, 0) is 74.0 Å². The van der Waals surface area contributed by atoms with Crippen LogP contribution < -0.4 is 10.1 Å². The molecule has 4 aliphatic rings. The molecule has 4 aliphatic carbocycles. The fourth-order valence-electron chi connectivity index (χ4n) is 6.07. The van der Waals surface area contributed by atoms with Crippen LogP contribution in [0.1, 0.15) is 44.1 Å². The third-order valence-electron chi connectivity index (χ3n) is 6.88. The third-order valence-corrected chi connectivity index (χ3v) is 6.88. The summed E-state index contributed by atoms with van der Waals surface area (Å²) in [6.07, 6.45) is 7.22. The highest BCUT2D eigenvalue weighted by Crippen LogP contribution is 2.60. The summed E-state index contributed by atoms with van der Waals surface area (Å²) < 4.78 is 10.2. The fraction of sp³-hybridized carbons (Fsp3) is 0.636. The molecule has 1 amide bonds. The van der Waals surface area contributed by atoms with Gasteiger partial charge in [0, 0.05) is 11.8 Å². The van der Waals surface area contributed by atoms with Gasteiger partial charge in [-0.15, -0.1) is 0 Å². The van der Waals surface area contributed by atoms with Gasteiger partial charge in [0.25, 0.3) is 0 Å². The van der Waals surface area contributed by atoms with Crippen molar-refractivity contribution in [1.82, 2.24) is 5.32 Å². The molecule has 0 spiro atoms. The Balaban J connectivity index is 1.50. The number of nitrogens with one attached hydrogen (secondary N) is 1. The molecule has 1 aromatic rings. The van der Waals surface area contributed by atoms with Crippen molar-refractivity contribution in [2.24, 2.45) is 23.2 Å². The predicted octanol–water partition coefficient (Wildman–Crippen LogP) is 3.11. The summed E-state index contributed by atoms with van der Waals surface area (Å²) >= 11 is 0. The fourth-order valence-corrected chi connectivity index (χ4v) is 6.07. The molecule has 146 valence electrons. The topological polar surface area (TPSA) is 64.6 Å². The summed E-state index contributed by atoms with van der Waals surface area (Å²) in [5, 5.41) is 3.06. The number of ether oxygens (including phenoxy) is 2. The molecule has 4 saturated carbocycles. The first-order chi connectivity index (χ1) is 13.0. The number of benzene rings is 1. The Kier molecular flexibility index (Phi) is 4.87. The van der Waals surface area contributed by atoms with Crippen molar-refractivity contribution in [2.45, 2.75) is 51.0 Å². The van der Waals surface area contributed by atoms with E-state index < -0.39 is 12.0 Å². The zero-order valence-corrected chi connectivity index (χ0v) is 16.2. The summed E-state index contributed by atoms with van der Waals surface area (Å²) in [6, 6.07) is 6.93. The summed E-state index contributed by atoms with van der Waals surface area (Å²) in [4.78, 5) is 25.7. The van der Waals surface area contributed by atoms with Gasteiger partial charge in [0.05, 0.1) is 14.2 Å². The molecule has 0 unspecified atom stereocenters. The molecular weight excluding hydrogens is 342 g/mol. The number of amides is 1. The molecule has 5 nitrogen and oxygen atoms in total. The van der Waals surface area contributed by atoms with Crippen molar-refractivity contribution in [1.29, 1.82) is 0 Å². The molecule has 27 heavy (non-hydrogen) atoms. The van der Waals surface area contributed by atoms with E-state index in [4.69, 9.17) is 9.47 Å². The van der Waals surface area contributed by atoms with Gasteiger partial charge in [-0.3, -0.25) is 4.79 Å². The zero-order valence-electron chi connectivity index (χ0n) is 16.2. The second-order valence-corrected chi connectivity index (χ2v) is 8.80. The Hall–Kier alpha value is -2.04. The van der Waals surface area contributed by atoms with Gasteiger partial charge in [-0.1, -0.05) is 12.1 Å². The highest BCUT2D eigenvalue weighted by atomic mass is 16.5. The molecular formula is C22H29NO4. The van der Waals surface area contributed by atoms with Gasteiger partial charge >= 0.3 is 5.97 Å². The van der Waals surface area contributed by atoms with Crippen LogP contribution >= 0.6 is 0 Å². The van der Waals surface area contributed by atoms with Crippen molar-refractivity contribution in [3.05, 3.63) is 29.8 Å². The quantitative estimate of drug-likeness (QED) is 0.781. The molecule has 5 heteroatoms. The molecule has 1 aromatic carbocycles. The standard InChI is InChI=1S/C22H29NO4/c1-26-18-5-3-4-14(9-18)10-19(20(24)27-2)23-21(25)22-11-15-6-16(12-22)8-17(7-15)13-22/h3-5,9,15-17,19H,6-8,10-13H2,1-2H3,(H,23,25)/t15?,16?,17?,19-,22?/m1/s1. The van der Waals surface area contributed by atoms with E-state index in [0.29, 0.717) is 24.2 Å². The van der Waals surface area contributed by atoms with Crippen LogP contribution in [0.4, 0.5) is 0 Å². The van der Waals surface area contributed by atoms with Crippen molar-refractivity contribution >= 4 is 11.9 Å². The monoisotopic (exact) mass is 371 g/mol. The minimum Gasteiger partial charge on any atom is -0.497 e. The van der Waals surface area contributed by atoms with Crippen LogP contribution in [-0.2, 0) is 20.7 Å². The number of carbonyl (C=O) groups is 2. The van der Waals surface area contributed by atoms with Gasteiger partial charge in [-0.2, -0.15) is 0 Å². The second-order valence-electron chi connectivity index (χ2n) is 8.80. The maximum absolute atomic E-state index is 13.3. The number of methoxy groups -OCH3 is 2. The lowest BCUT2D eigenvalue weighted by Gasteiger charge is -2.55. The van der Waals surface area contributed by atoms with Crippen molar-refractivity contribution in [3.8, 4) is 5.75 Å². The Morgan fingerprint density at radius 2 is 1.74 bits per heavy atom. The third kappa shape index (κ3) is 3.56. The van der Waals surface area contributed by atoms with Crippen molar-refractivity contribution in [2.75, 3.05) is 14.2 Å². The lowest BCUT2D eigenvalue weighted by molar-refractivity contribution is -0.152. The summed E-state index contributed by atoms with van der Waals surface area (Å²) in [7, 11) is 2.99. The first kappa shape index (κ1) is 18.3. The number of esters is 1. The number of hydrogen-bond donors (Lipinski definition) is 1. The van der Waals surface area contributed by atoms with Crippen LogP contribution in [-0.4, -0.2) is 32.1 Å². The molecule has 0 aliphatic heterocycles. The van der Waals surface area contributed by atoms with E-state index in [0.717, 1.165) is 30.6 Å². The van der Waals surface area contributed by atoms with E-state index in [-0.39, 0.29) is 11.3 Å². The number of hydrogen-bond acceptors (Lipinski definition) is 4. The molecule has 0 saturated heterocycles. The molecule has 0 radical (unpaired) electrons. The predicted molar refractivity (Wildman–Crippen MR) is 101 cm³/mol. The molecule has 0 heterocycles. The van der Waals surface area contributed by atoms with Crippen LogP contribution in [0.2, 0.25) is 0 Å². The van der Waals surface area contributed by atoms with E-state index >= 15 is 0 Å². The minimum absolute atomic E-state index is 0.0555. The second kappa shape index (κ2) is 7.17. The number of carbonyl (C=O) groups excluding carboxylic acids is 2. The highest BCUT2D eigenvalue weighted by Gasteiger charge is 2.55. The molecule has 4 fully saturated rings. The highest BCUT2D eigenvalue weighted by molar-refractivity contribution is 5.88. The molecule has 1 N–H and O–H groups in total. The average molecular weight is 371 g/mol. The van der Waals surface area contributed by atoms with E-state index in [1.807, 2.05) is 24.3 Å². The van der Waals surface area contributed by atoms with E-state index in [9.17, 15) is 9.59 Å². The smallest absolute Gasteiger partial charge is 0.328 e. The van der Waals surface area contributed by atoms with Crippen LogP contribution in [0.15, 0.2) is 24.3 Å². The van der Waals surface area contributed by atoms with Crippen LogP contribution in [0.25, 0.3) is 0 Å². The van der Waals surface area contributed by atoms with Crippen LogP contribution in [0, 0.1) is 23.2 Å². The van der Waals surface area contributed by atoms with Gasteiger partial charge in [0.1, 0.15) is 11.8 Å². The van der Waals surface area contributed by atoms with Gasteiger partial charge < -0.3 is 14.8 Å². The first-order valence-electron chi connectivity index (χ1n) is 10.0. The van der Waals surface area contributed by atoms with E-state index in [1.54, 1.807) is 7.11 Å². The minimum atomic E-state index is -0.664. The Morgan fingerprint density at radius 1 is 1.11 bits per heavy atom. The molecule has 4 bridgehead atoms. The Bertz CT molecular complexity index is 693. The Morgan fingerprint density at radius 3 is 2.30 bits per heavy atom. The van der Waals surface area contributed by atoms with Crippen molar-refractivity contribution in [3.63, 3.8) is 0 Å². The number of rotatable bonds is 6. The van der Waals surface area contributed by atoms with Gasteiger partial charge in [0.2, 0.25) is 5.91 Å². The normalized spacial score (nSPS) is 32.0. The van der Waals surface area contributed by atoms with Crippen LogP contribution in [0.5, 0.6) is 5.75 Å². The Labute approximate surface area is 160 Å². The molecule has 5 rings (SSSR count). The summed E-state index contributed by atoms with van der Waals surface area (Å²) in [5.41, 5.74) is 0.672. The lowest BCUT2D eigenvalue weighted by atomic mass is 9.49. The molecule has 0 aromatic heterocycles.